The average Bonchev–Trinajstić information content (AvgIpc) is 2.33. The van der Waals surface area contributed by atoms with E-state index in [0.29, 0.717) is 4.47 Å². The minimum Gasteiger partial charge on any atom is -0.399 e. The van der Waals surface area contributed by atoms with Crippen molar-refractivity contribution >= 4 is 48.9 Å². The molecular formula is C12H9BrClFN2O2S. The molecule has 0 aliphatic heterocycles. The first kappa shape index (κ1) is 15.1. The first-order valence-electron chi connectivity index (χ1n) is 5.32. The van der Waals surface area contributed by atoms with Gasteiger partial charge in [0.05, 0.1) is 10.7 Å². The number of benzene rings is 2. The van der Waals surface area contributed by atoms with E-state index < -0.39 is 15.8 Å². The number of anilines is 2. The van der Waals surface area contributed by atoms with Gasteiger partial charge in [-0.3, -0.25) is 4.72 Å². The predicted molar refractivity (Wildman–Crippen MR) is 80.8 cm³/mol. The Hall–Kier alpha value is -1.31. The smallest absolute Gasteiger partial charge is 0.263 e. The van der Waals surface area contributed by atoms with E-state index in [4.69, 9.17) is 17.3 Å². The Morgan fingerprint density at radius 1 is 1.20 bits per heavy atom. The van der Waals surface area contributed by atoms with Crippen molar-refractivity contribution in [2.45, 2.75) is 4.90 Å². The van der Waals surface area contributed by atoms with Crippen molar-refractivity contribution in [3.63, 3.8) is 0 Å². The molecule has 0 fully saturated rings. The molecule has 2 aromatic rings. The SMILES string of the molecule is Nc1ccc(F)c(NS(=O)(=O)c2ccc(Br)cc2Cl)c1. The number of nitrogen functional groups attached to an aromatic ring is 1. The van der Waals surface area contributed by atoms with E-state index in [2.05, 4.69) is 20.7 Å². The molecule has 106 valence electrons. The Morgan fingerprint density at radius 2 is 1.90 bits per heavy atom. The van der Waals surface area contributed by atoms with Crippen molar-refractivity contribution in [1.82, 2.24) is 0 Å². The van der Waals surface area contributed by atoms with Gasteiger partial charge in [0.25, 0.3) is 10.0 Å². The molecule has 0 atom stereocenters. The molecule has 20 heavy (non-hydrogen) atoms. The first-order valence-corrected chi connectivity index (χ1v) is 7.98. The van der Waals surface area contributed by atoms with E-state index in [9.17, 15) is 12.8 Å². The lowest BCUT2D eigenvalue weighted by atomic mass is 10.3. The number of hydrogen-bond donors (Lipinski definition) is 2. The highest BCUT2D eigenvalue weighted by Crippen LogP contribution is 2.28. The Bertz CT molecular complexity index is 768. The van der Waals surface area contributed by atoms with Gasteiger partial charge < -0.3 is 5.73 Å². The molecule has 0 amide bonds. The first-order chi connectivity index (χ1) is 9.29. The van der Waals surface area contributed by atoms with Crippen LogP contribution in [0.5, 0.6) is 0 Å². The lowest BCUT2D eigenvalue weighted by Crippen LogP contribution is -2.14. The van der Waals surface area contributed by atoms with Crippen molar-refractivity contribution < 1.29 is 12.8 Å². The van der Waals surface area contributed by atoms with E-state index in [-0.39, 0.29) is 21.3 Å². The van der Waals surface area contributed by atoms with E-state index in [0.717, 1.165) is 6.07 Å². The molecule has 0 aliphatic rings. The molecule has 0 aliphatic carbocycles. The molecule has 0 saturated heterocycles. The fourth-order valence-electron chi connectivity index (χ4n) is 1.51. The lowest BCUT2D eigenvalue weighted by Gasteiger charge is -2.11. The van der Waals surface area contributed by atoms with Gasteiger partial charge in [-0.05, 0) is 36.4 Å². The molecule has 3 N–H and O–H groups in total. The maximum Gasteiger partial charge on any atom is 0.263 e. The van der Waals surface area contributed by atoms with Crippen LogP contribution >= 0.6 is 27.5 Å². The summed E-state index contributed by atoms with van der Waals surface area (Å²) in [5.74, 6) is -0.726. The number of nitrogens with one attached hydrogen (secondary N) is 1. The molecule has 0 saturated carbocycles. The fraction of sp³-hybridized carbons (Fsp3) is 0. The van der Waals surface area contributed by atoms with Gasteiger partial charge in [0.15, 0.2) is 0 Å². The predicted octanol–water partition coefficient (Wildman–Crippen LogP) is 3.62. The number of halogens is 3. The van der Waals surface area contributed by atoms with Crippen LogP contribution in [0.1, 0.15) is 0 Å². The van der Waals surface area contributed by atoms with Gasteiger partial charge in [0, 0.05) is 10.2 Å². The maximum absolute atomic E-state index is 13.6. The van der Waals surface area contributed by atoms with Crippen LogP contribution in [-0.4, -0.2) is 8.42 Å². The highest BCUT2D eigenvalue weighted by atomic mass is 79.9. The summed E-state index contributed by atoms with van der Waals surface area (Å²) in [6.07, 6.45) is 0. The summed E-state index contributed by atoms with van der Waals surface area (Å²) in [5, 5.41) is 0.0242. The number of nitrogens with two attached hydrogens (primary N) is 1. The summed E-state index contributed by atoms with van der Waals surface area (Å²) >= 11 is 9.06. The van der Waals surface area contributed by atoms with Crippen LogP contribution in [0.25, 0.3) is 0 Å². The summed E-state index contributed by atoms with van der Waals surface area (Å²) < 4.78 is 40.7. The highest BCUT2D eigenvalue weighted by Gasteiger charge is 2.19. The number of hydrogen-bond acceptors (Lipinski definition) is 3. The standard InChI is InChI=1S/C12H9BrClFN2O2S/c13-7-1-4-12(9(14)5-7)20(18,19)17-11-6-8(16)2-3-10(11)15/h1-6,17H,16H2. The van der Waals surface area contributed by atoms with Crippen LogP contribution in [0.15, 0.2) is 45.8 Å². The Morgan fingerprint density at radius 3 is 2.55 bits per heavy atom. The topological polar surface area (TPSA) is 72.2 Å². The van der Waals surface area contributed by atoms with Gasteiger partial charge in [-0.2, -0.15) is 0 Å². The van der Waals surface area contributed by atoms with Crippen molar-refractivity contribution in [3.05, 3.63) is 51.7 Å². The van der Waals surface area contributed by atoms with Crippen LogP contribution in [0.2, 0.25) is 5.02 Å². The van der Waals surface area contributed by atoms with Gasteiger partial charge in [-0.15, -0.1) is 0 Å². The zero-order valence-corrected chi connectivity index (χ0v) is 13.1. The maximum atomic E-state index is 13.6. The third kappa shape index (κ3) is 3.23. The average molecular weight is 380 g/mol. The highest BCUT2D eigenvalue weighted by molar-refractivity contribution is 9.10. The Labute approximate surface area is 128 Å². The van der Waals surface area contributed by atoms with Crippen LogP contribution in [0, 0.1) is 5.82 Å². The van der Waals surface area contributed by atoms with E-state index >= 15 is 0 Å². The molecule has 0 bridgehead atoms. The van der Waals surface area contributed by atoms with Crippen LogP contribution in [0.3, 0.4) is 0 Å². The second-order valence-corrected chi connectivity index (χ2v) is 6.89. The summed E-state index contributed by atoms with van der Waals surface area (Å²) in [6, 6.07) is 7.89. The van der Waals surface area contributed by atoms with Crippen molar-refractivity contribution in [2.75, 3.05) is 10.5 Å². The molecule has 0 radical (unpaired) electrons. The number of rotatable bonds is 3. The third-order valence-corrected chi connectivity index (χ3v) is 4.76. The summed E-state index contributed by atoms with van der Waals surface area (Å²) in [6.45, 7) is 0. The monoisotopic (exact) mass is 378 g/mol. The third-order valence-electron chi connectivity index (χ3n) is 2.42. The molecular weight excluding hydrogens is 371 g/mol. The van der Waals surface area contributed by atoms with E-state index in [1.165, 1.54) is 30.3 Å². The second-order valence-electron chi connectivity index (χ2n) is 3.92. The fourth-order valence-corrected chi connectivity index (χ4v) is 3.61. The normalized spacial score (nSPS) is 11.3. The largest absolute Gasteiger partial charge is 0.399 e. The van der Waals surface area contributed by atoms with Crippen molar-refractivity contribution in [1.29, 1.82) is 0 Å². The summed E-state index contributed by atoms with van der Waals surface area (Å²) in [5.41, 5.74) is 5.51. The lowest BCUT2D eigenvalue weighted by molar-refractivity contribution is 0.598. The minimum absolute atomic E-state index is 0.0242. The van der Waals surface area contributed by atoms with Crippen LogP contribution in [0.4, 0.5) is 15.8 Å². The van der Waals surface area contributed by atoms with Gasteiger partial charge in [0.1, 0.15) is 10.7 Å². The molecule has 0 heterocycles. The van der Waals surface area contributed by atoms with Gasteiger partial charge in [-0.25, -0.2) is 12.8 Å². The van der Waals surface area contributed by atoms with Gasteiger partial charge in [0.2, 0.25) is 0 Å². The zero-order chi connectivity index (χ0) is 14.9. The summed E-state index contributed by atoms with van der Waals surface area (Å²) in [7, 11) is -4.00. The van der Waals surface area contributed by atoms with Gasteiger partial charge >= 0.3 is 0 Å². The van der Waals surface area contributed by atoms with Crippen LogP contribution < -0.4 is 10.5 Å². The zero-order valence-electron chi connectivity index (χ0n) is 9.90. The second kappa shape index (κ2) is 5.59. The van der Waals surface area contributed by atoms with Gasteiger partial charge in [-0.1, -0.05) is 27.5 Å². The molecule has 8 heteroatoms. The molecule has 0 spiro atoms. The Kier molecular flexibility index (Phi) is 4.22. The number of sulfonamides is 1. The van der Waals surface area contributed by atoms with Crippen molar-refractivity contribution in [2.24, 2.45) is 0 Å². The molecule has 4 nitrogen and oxygen atoms in total. The summed E-state index contributed by atoms with van der Waals surface area (Å²) in [4.78, 5) is -0.149. The van der Waals surface area contributed by atoms with Crippen molar-refractivity contribution in [3.8, 4) is 0 Å². The minimum atomic E-state index is -4.00. The quantitative estimate of drug-likeness (QED) is 0.800. The molecule has 0 aromatic heterocycles. The molecule has 0 unspecified atom stereocenters. The molecule has 2 rings (SSSR count). The molecule has 2 aromatic carbocycles. The van der Waals surface area contributed by atoms with E-state index in [1.807, 2.05) is 0 Å². The van der Waals surface area contributed by atoms with E-state index in [1.54, 1.807) is 0 Å². The Balaban J connectivity index is 2.43. The van der Waals surface area contributed by atoms with Crippen LogP contribution in [-0.2, 0) is 10.0 Å².